The topological polar surface area (TPSA) is 98.0 Å². The molecule has 0 aliphatic heterocycles. The lowest BCUT2D eigenvalue weighted by Gasteiger charge is -2.24. The van der Waals surface area contributed by atoms with Gasteiger partial charge in [-0.2, -0.15) is 0 Å². The summed E-state index contributed by atoms with van der Waals surface area (Å²) in [6, 6.07) is 7.83. The second kappa shape index (κ2) is 12.0. The van der Waals surface area contributed by atoms with Crippen molar-refractivity contribution in [2.24, 2.45) is 11.8 Å². The Morgan fingerprint density at radius 1 is 1.03 bits per heavy atom. The van der Waals surface area contributed by atoms with Crippen LogP contribution in [-0.4, -0.2) is 44.7 Å². The molecule has 5 atom stereocenters. The molecule has 0 radical (unpaired) electrons. The fourth-order valence-electron chi connectivity index (χ4n) is 4.22. The van der Waals surface area contributed by atoms with E-state index in [0.717, 1.165) is 36.8 Å². The number of hydrogen-bond donors (Lipinski definition) is 4. The molecule has 1 fully saturated rings. The first-order valence-corrected chi connectivity index (χ1v) is 10.7. The van der Waals surface area contributed by atoms with Crippen LogP contribution in [0.25, 0.3) is 0 Å². The van der Waals surface area contributed by atoms with Gasteiger partial charge < -0.3 is 20.4 Å². The molecule has 160 valence electrons. The summed E-state index contributed by atoms with van der Waals surface area (Å²) in [6.07, 6.45) is 4.12. The number of carboxylic acids is 1. The molecule has 1 aliphatic rings. The van der Waals surface area contributed by atoms with Crippen LogP contribution in [0.1, 0.15) is 68.9 Å². The Morgan fingerprint density at radius 2 is 1.66 bits per heavy atom. The maximum Gasteiger partial charge on any atom is 0.303 e. The van der Waals surface area contributed by atoms with E-state index in [0.29, 0.717) is 25.7 Å². The van der Waals surface area contributed by atoms with E-state index in [1.807, 2.05) is 31.2 Å². The number of aryl methyl sites for hydroxylation is 1. The first-order chi connectivity index (χ1) is 13.9. The highest BCUT2D eigenvalue weighted by Crippen LogP contribution is 2.39. The SMILES string of the molecule is Cc1ccc(C#CC(O)CCC2C(O)CC(O)C2CCCCCCC(=O)O)cc1. The number of aliphatic hydroxyl groups excluding tert-OH is 3. The fourth-order valence-corrected chi connectivity index (χ4v) is 4.22. The van der Waals surface area contributed by atoms with Gasteiger partial charge >= 0.3 is 5.97 Å². The Labute approximate surface area is 173 Å². The van der Waals surface area contributed by atoms with Crippen LogP contribution in [0.15, 0.2) is 24.3 Å². The van der Waals surface area contributed by atoms with Gasteiger partial charge in [0.15, 0.2) is 0 Å². The molecule has 1 aromatic rings. The van der Waals surface area contributed by atoms with Crippen LogP contribution in [0.3, 0.4) is 0 Å². The number of aliphatic carboxylic acids is 1. The van der Waals surface area contributed by atoms with Crippen molar-refractivity contribution in [3.05, 3.63) is 35.4 Å². The number of carboxylic acid groups (broad SMARTS) is 1. The van der Waals surface area contributed by atoms with Crippen LogP contribution in [0, 0.1) is 30.6 Å². The molecule has 0 saturated heterocycles. The van der Waals surface area contributed by atoms with E-state index in [9.17, 15) is 20.1 Å². The van der Waals surface area contributed by atoms with Crippen molar-refractivity contribution < 1.29 is 25.2 Å². The highest BCUT2D eigenvalue weighted by atomic mass is 16.4. The van der Waals surface area contributed by atoms with Gasteiger partial charge in [0, 0.05) is 12.0 Å². The molecule has 1 aliphatic carbocycles. The van der Waals surface area contributed by atoms with Crippen molar-refractivity contribution in [1.29, 1.82) is 0 Å². The third-order valence-corrected chi connectivity index (χ3v) is 5.91. The summed E-state index contributed by atoms with van der Waals surface area (Å²) < 4.78 is 0. The van der Waals surface area contributed by atoms with Gasteiger partial charge in [-0.15, -0.1) is 0 Å². The van der Waals surface area contributed by atoms with Crippen LogP contribution in [0.5, 0.6) is 0 Å². The van der Waals surface area contributed by atoms with Gasteiger partial charge in [-0.25, -0.2) is 0 Å². The summed E-state index contributed by atoms with van der Waals surface area (Å²) >= 11 is 0. The zero-order chi connectivity index (χ0) is 21.2. The normalized spacial score (nSPS) is 24.7. The van der Waals surface area contributed by atoms with Crippen molar-refractivity contribution in [2.75, 3.05) is 0 Å². The average molecular weight is 403 g/mol. The minimum atomic E-state index is -0.761. The molecule has 0 bridgehead atoms. The van der Waals surface area contributed by atoms with Gasteiger partial charge in [-0.3, -0.25) is 4.79 Å². The van der Waals surface area contributed by atoms with E-state index < -0.39 is 24.3 Å². The number of rotatable bonds is 10. The molecule has 2 rings (SSSR count). The average Bonchev–Trinajstić information content (AvgIpc) is 2.94. The Morgan fingerprint density at radius 3 is 2.31 bits per heavy atom. The molecular weight excluding hydrogens is 368 g/mol. The third-order valence-electron chi connectivity index (χ3n) is 5.91. The molecule has 5 unspecified atom stereocenters. The van der Waals surface area contributed by atoms with E-state index in [2.05, 4.69) is 11.8 Å². The van der Waals surface area contributed by atoms with E-state index in [-0.39, 0.29) is 18.3 Å². The molecule has 0 heterocycles. The third kappa shape index (κ3) is 8.18. The molecule has 1 saturated carbocycles. The van der Waals surface area contributed by atoms with E-state index in [4.69, 9.17) is 5.11 Å². The lowest BCUT2D eigenvalue weighted by Crippen LogP contribution is -2.23. The zero-order valence-electron chi connectivity index (χ0n) is 17.3. The molecule has 29 heavy (non-hydrogen) atoms. The fraction of sp³-hybridized carbons (Fsp3) is 0.625. The van der Waals surface area contributed by atoms with Gasteiger partial charge in [0.05, 0.1) is 12.2 Å². The molecule has 5 heteroatoms. The maximum atomic E-state index is 10.5. The Balaban J connectivity index is 1.77. The summed E-state index contributed by atoms with van der Waals surface area (Å²) in [5.74, 6) is 5.10. The van der Waals surface area contributed by atoms with Gasteiger partial charge in [0.2, 0.25) is 0 Å². The highest BCUT2D eigenvalue weighted by Gasteiger charge is 2.40. The summed E-state index contributed by atoms with van der Waals surface area (Å²) in [5.41, 5.74) is 2.03. The summed E-state index contributed by atoms with van der Waals surface area (Å²) in [5, 5.41) is 39.5. The van der Waals surface area contributed by atoms with Crippen molar-refractivity contribution in [2.45, 2.75) is 83.0 Å². The molecule has 0 amide bonds. The molecular formula is C24H34O5. The van der Waals surface area contributed by atoms with Crippen LogP contribution < -0.4 is 0 Å². The predicted octanol–water partition coefficient (Wildman–Crippen LogP) is 3.27. The molecule has 1 aromatic carbocycles. The van der Waals surface area contributed by atoms with Gasteiger partial charge in [-0.1, -0.05) is 48.8 Å². The van der Waals surface area contributed by atoms with Crippen molar-refractivity contribution in [1.82, 2.24) is 0 Å². The molecule has 0 aromatic heterocycles. The molecule has 0 spiro atoms. The summed E-state index contributed by atoms with van der Waals surface area (Å²) in [7, 11) is 0. The predicted molar refractivity (Wildman–Crippen MR) is 112 cm³/mol. The van der Waals surface area contributed by atoms with Crippen LogP contribution in [-0.2, 0) is 4.79 Å². The quantitative estimate of drug-likeness (QED) is 0.356. The largest absolute Gasteiger partial charge is 0.481 e. The van der Waals surface area contributed by atoms with Crippen molar-refractivity contribution in [3.8, 4) is 11.8 Å². The second-order valence-corrected chi connectivity index (χ2v) is 8.27. The highest BCUT2D eigenvalue weighted by molar-refractivity contribution is 5.66. The van der Waals surface area contributed by atoms with Crippen LogP contribution in [0.2, 0.25) is 0 Å². The Bertz CT molecular complexity index is 687. The zero-order valence-corrected chi connectivity index (χ0v) is 17.3. The van der Waals surface area contributed by atoms with Gasteiger partial charge in [0.1, 0.15) is 6.10 Å². The van der Waals surface area contributed by atoms with Crippen molar-refractivity contribution in [3.63, 3.8) is 0 Å². The Hall–Kier alpha value is -1.87. The number of carbonyl (C=O) groups is 1. The number of aliphatic hydroxyl groups is 3. The summed E-state index contributed by atoms with van der Waals surface area (Å²) in [4.78, 5) is 10.5. The lowest BCUT2D eigenvalue weighted by atomic mass is 9.85. The van der Waals surface area contributed by atoms with E-state index >= 15 is 0 Å². The van der Waals surface area contributed by atoms with Crippen LogP contribution in [0.4, 0.5) is 0 Å². The number of unbranched alkanes of at least 4 members (excludes halogenated alkanes) is 3. The number of benzene rings is 1. The monoisotopic (exact) mass is 402 g/mol. The Kier molecular flexibility index (Phi) is 9.66. The molecule has 5 nitrogen and oxygen atoms in total. The second-order valence-electron chi connectivity index (χ2n) is 8.27. The lowest BCUT2D eigenvalue weighted by molar-refractivity contribution is -0.137. The van der Waals surface area contributed by atoms with Crippen LogP contribution >= 0.6 is 0 Å². The smallest absolute Gasteiger partial charge is 0.303 e. The van der Waals surface area contributed by atoms with Gasteiger partial charge in [0.25, 0.3) is 0 Å². The summed E-state index contributed by atoms with van der Waals surface area (Å²) in [6.45, 7) is 2.01. The van der Waals surface area contributed by atoms with Gasteiger partial charge in [-0.05, 0) is 63.0 Å². The van der Waals surface area contributed by atoms with E-state index in [1.54, 1.807) is 0 Å². The van der Waals surface area contributed by atoms with E-state index in [1.165, 1.54) is 0 Å². The standard InChI is InChI=1S/C24H34O5/c1-17-8-10-18(11-9-17)12-13-19(25)14-15-21-20(22(26)16-23(21)27)6-4-2-3-5-7-24(28)29/h8-11,19-23,25-27H,2-7,14-16H2,1H3,(H,28,29). The molecule has 4 N–H and O–H groups in total. The maximum absolute atomic E-state index is 10.5. The van der Waals surface area contributed by atoms with Crippen molar-refractivity contribution >= 4 is 5.97 Å². The first-order valence-electron chi connectivity index (χ1n) is 10.7. The minimum Gasteiger partial charge on any atom is -0.481 e. The minimum absolute atomic E-state index is 0.0279. The first kappa shape index (κ1) is 23.4. The number of hydrogen-bond acceptors (Lipinski definition) is 4.